The molecule has 4 heterocycles. The fraction of sp³-hybridized carbons (Fsp3) is 0.308. The Labute approximate surface area is 229 Å². The summed E-state index contributed by atoms with van der Waals surface area (Å²) in [5, 5.41) is 18.1. The van der Waals surface area contributed by atoms with Gasteiger partial charge in [0.15, 0.2) is 17.8 Å². The number of nitrogens with zero attached hydrogens (tertiary/aromatic N) is 7. The van der Waals surface area contributed by atoms with E-state index in [1.807, 2.05) is 0 Å². The highest BCUT2D eigenvalue weighted by molar-refractivity contribution is 6.32. The van der Waals surface area contributed by atoms with E-state index in [1.165, 1.54) is 17.2 Å². The summed E-state index contributed by atoms with van der Waals surface area (Å²) in [5.41, 5.74) is 7.10. The molecule has 0 saturated carbocycles. The van der Waals surface area contributed by atoms with Crippen LogP contribution in [0.5, 0.6) is 0 Å². The van der Waals surface area contributed by atoms with Gasteiger partial charge in [-0.05, 0) is 38.0 Å². The molecule has 3 aromatic heterocycles. The lowest BCUT2D eigenvalue weighted by Crippen LogP contribution is -2.39. The number of likely N-dealkylation sites (tertiary alicyclic amines) is 1. The van der Waals surface area contributed by atoms with Gasteiger partial charge in [-0.15, -0.1) is 12.8 Å². The standard InChI is InChI=1S/C21H20ClFN6O2.C3H4N2O.C2H2/c1-12(30)2-3-13-4-5-15-17(10-13)29(19-16(22)11-25-21(24)26-19)27-18(15)20(31)28-8-6-14(23)7-9-28;1-3-4-2-5-6-3;1-2/h4-5,10-12,14,30H,6-9H2,1H3,(H2,24,25,26);2H,1H3;1-2H/t12-;;/m1../s1. The zero-order valence-electron chi connectivity index (χ0n) is 21.3. The molecule has 1 aliphatic heterocycles. The summed E-state index contributed by atoms with van der Waals surface area (Å²) in [5.74, 6) is 6.10. The topological polar surface area (TPSA) is 149 Å². The van der Waals surface area contributed by atoms with Crippen LogP contribution in [-0.4, -0.2) is 71.2 Å². The number of nitrogen functional groups attached to an aromatic ring is 1. The number of aliphatic hydroxyl groups excluding tert-OH is 1. The van der Waals surface area contributed by atoms with Crippen LogP contribution in [0.3, 0.4) is 0 Å². The van der Waals surface area contributed by atoms with E-state index >= 15 is 0 Å². The second-order valence-corrected chi connectivity index (χ2v) is 8.67. The van der Waals surface area contributed by atoms with Crippen molar-refractivity contribution in [3.05, 3.63) is 52.9 Å². The quantitative estimate of drug-likeness (QED) is 0.358. The van der Waals surface area contributed by atoms with Crippen molar-refractivity contribution in [3.63, 3.8) is 0 Å². The number of benzene rings is 1. The molecule has 1 aliphatic rings. The second kappa shape index (κ2) is 13.3. The van der Waals surface area contributed by atoms with Gasteiger partial charge in [-0.2, -0.15) is 15.1 Å². The fourth-order valence-corrected chi connectivity index (χ4v) is 3.82. The van der Waals surface area contributed by atoms with Crippen LogP contribution in [-0.2, 0) is 0 Å². The van der Waals surface area contributed by atoms with Crippen LogP contribution in [0, 0.1) is 31.6 Å². The monoisotopic (exact) mass is 552 g/mol. The van der Waals surface area contributed by atoms with Gasteiger partial charge >= 0.3 is 0 Å². The number of hydrogen-bond acceptors (Lipinski definition) is 9. The summed E-state index contributed by atoms with van der Waals surface area (Å²) in [7, 11) is 0. The number of carbonyl (C=O) groups excluding carboxylic acids is 1. The number of piperidine rings is 1. The number of aromatic nitrogens is 6. The van der Waals surface area contributed by atoms with Crippen LogP contribution in [0.1, 0.15) is 41.7 Å². The first-order valence-corrected chi connectivity index (χ1v) is 12.1. The van der Waals surface area contributed by atoms with Crippen molar-refractivity contribution in [2.75, 3.05) is 18.8 Å². The Morgan fingerprint density at radius 2 is 2.03 bits per heavy atom. The number of halogens is 2. The van der Waals surface area contributed by atoms with E-state index in [0.717, 1.165) is 0 Å². The molecule has 1 fully saturated rings. The molecule has 11 nitrogen and oxygen atoms in total. The van der Waals surface area contributed by atoms with E-state index < -0.39 is 12.3 Å². The molecule has 0 radical (unpaired) electrons. The molecule has 1 aromatic carbocycles. The van der Waals surface area contributed by atoms with Crippen LogP contribution >= 0.6 is 11.6 Å². The van der Waals surface area contributed by atoms with Crippen LogP contribution in [0.2, 0.25) is 5.02 Å². The first kappa shape index (κ1) is 29.0. The highest BCUT2D eigenvalue weighted by atomic mass is 35.5. The molecule has 1 saturated heterocycles. The average molecular weight is 553 g/mol. The molecule has 39 heavy (non-hydrogen) atoms. The second-order valence-electron chi connectivity index (χ2n) is 8.26. The molecule has 0 bridgehead atoms. The van der Waals surface area contributed by atoms with Gasteiger partial charge in [0.25, 0.3) is 5.91 Å². The Morgan fingerprint density at radius 3 is 2.62 bits per heavy atom. The maximum atomic E-state index is 13.5. The number of rotatable bonds is 2. The number of anilines is 1. The third kappa shape index (κ3) is 7.29. The van der Waals surface area contributed by atoms with Gasteiger partial charge in [-0.25, -0.2) is 14.1 Å². The van der Waals surface area contributed by atoms with Gasteiger partial charge in [-0.3, -0.25) is 4.79 Å². The van der Waals surface area contributed by atoms with E-state index in [1.54, 1.807) is 36.9 Å². The first-order chi connectivity index (χ1) is 18.7. The molecule has 13 heteroatoms. The van der Waals surface area contributed by atoms with E-state index in [9.17, 15) is 14.3 Å². The molecule has 5 rings (SSSR count). The van der Waals surface area contributed by atoms with Gasteiger partial charge in [0.1, 0.15) is 17.3 Å². The average Bonchev–Trinajstić information content (AvgIpc) is 3.57. The Bertz CT molecular complexity index is 1500. The van der Waals surface area contributed by atoms with Crippen LogP contribution in [0.15, 0.2) is 35.2 Å². The molecule has 0 unspecified atom stereocenters. The summed E-state index contributed by atoms with van der Waals surface area (Å²) in [6.45, 7) is 3.96. The summed E-state index contributed by atoms with van der Waals surface area (Å²) in [6.07, 6.45) is 9.66. The Kier molecular flexibility index (Phi) is 9.92. The molecule has 202 valence electrons. The highest BCUT2D eigenvalue weighted by Gasteiger charge is 2.28. The zero-order valence-corrected chi connectivity index (χ0v) is 22.0. The zero-order chi connectivity index (χ0) is 28.5. The smallest absolute Gasteiger partial charge is 0.275 e. The molecule has 3 N–H and O–H groups in total. The number of hydrogen-bond donors (Lipinski definition) is 2. The summed E-state index contributed by atoms with van der Waals surface area (Å²) in [4.78, 5) is 26.5. The van der Waals surface area contributed by atoms with Crippen molar-refractivity contribution < 1.29 is 18.8 Å². The SMILES string of the molecule is C#C.C[C@@H](O)C#Cc1ccc2c(C(=O)N3CCC(F)CC3)nn(-c3nc(N)ncc3Cl)c2c1.Cc1ncno1. The van der Waals surface area contributed by atoms with Crippen molar-refractivity contribution in [1.29, 1.82) is 0 Å². The Hall–Kier alpha value is -4.52. The number of terminal acetylenes is 1. The summed E-state index contributed by atoms with van der Waals surface area (Å²) < 4.78 is 19.4. The normalized spacial score (nSPS) is 13.8. The van der Waals surface area contributed by atoms with Crippen molar-refractivity contribution in [3.8, 4) is 30.5 Å². The maximum Gasteiger partial charge on any atom is 0.275 e. The Morgan fingerprint density at radius 1 is 1.31 bits per heavy atom. The number of fused-ring (bicyclic) bond motifs is 1. The molecule has 0 aliphatic carbocycles. The van der Waals surface area contributed by atoms with Crippen molar-refractivity contribution in [1.82, 2.24) is 34.8 Å². The van der Waals surface area contributed by atoms with Gasteiger partial charge in [0.05, 0.1) is 11.7 Å². The van der Waals surface area contributed by atoms with E-state index in [-0.39, 0.29) is 28.4 Å². The summed E-state index contributed by atoms with van der Waals surface area (Å²) >= 11 is 6.29. The summed E-state index contributed by atoms with van der Waals surface area (Å²) in [6, 6.07) is 5.21. The fourth-order valence-electron chi connectivity index (χ4n) is 3.65. The predicted molar refractivity (Wildman–Crippen MR) is 144 cm³/mol. The molecule has 4 aromatic rings. The highest BCUT2D eigenvalue weighted by Crippen LogP contribution is 2.28. The molecule has 0 spiro atoms. The molecule has 1 amide bonds. The lowest BCUT2D eigenvalue weighted by Gasteiger charge is -2.28. The van der Waals surface area contributed by atoms with Crippen molar-refractivity contribution >= 4 is 34.4 Å². The number of aliphatic hydroxyl groups is 1. The van der Waals surface area contributed by atoms with Gasteiger partial charge in [0, 0.05) is 31.0 Å². The lowest BCUT2D eigenvalue weighted by atomic mass is 10.1. The minimum atomic E-state index is -0.892. The third-order valence-corrected chi connectivity index (χ3v) is 5.70. The van der Waals surface area contributed by atoms with Crippen molar-refractivity contribution in [2.45, 2.75) is 39.0 Å². The van der Waals surface area contributed by atoms with E-state index in [4.69, 9.17) is 17.3 Å². The number of nitrogens with two attached hydrogens (primary N) is 1. The van der Waals surface area contributed by atoms with Gasteiger partial charge in [0.2, 0.25) is 11.8 Å². The maximum absolute atomic E-state index is 13.5. The first-order valence-electron chi connectivity index (χ1n) is 11.7. The van der Waals surface area contributed by atoms with Gasteiger partial charge < -0.3 is 20.3 Å². The number of alkyl halides is 1. The Balaban J connectivity index is 0.000000457. The minimum absolute atomic E-state index is 0.00555. The molecular formula is C26H26ClFN8O3. The number of aryl methyl sites for hydroxylation is 1. The van der Waals surface area contributed by atoms with E-state index in [0.29, 0.717) is 48.3 Å². The van der Waals surface area contributed by atoms with Crippen LogP contribution < -0.4 is 5.73 Å². The minimum Gasteiger partial charge on any atom is -0.381 e. The van der Waals surface area contributed by atoms with Crippen LogP contribution in [0.4, 0.5) is 10.3 Å². The molecule has 1 atom stereocenters. The number of carbonyl (C=O) groups is 1. The largest absolute Gasteiger partial charge is 0.381 e. The third-order valence-electron chi connectivity index (χ3n) is 5.44. The van der Waals surface area contributed by atoms with Crippen molar-refractivity contribution in [2.24, 2.45) is 0 Å². The van der Waals surface area contributed by atoms with Crippen LogP contribution in [0.25, 0.3) is 16.7 Å². The van der Waals surface area contributed by atoms with E-state index in [2.05, 4.69) is 54.4 Å². The number of amides is 1. The molecular weight excluding hydrogens is 527 g/mol. The predicted octanol–water partition coefficient (Wildman–Crippen LogP) is 2.98. The lowest BCUT2D eigenvalue weighted by molar-refractivity contribution is 0.0662. The van der Waals surface area contributed by atoms with Gasteiger partial charge in [-0.1, -0.05) is 28.6 Å².